The van der Waals surface area contributed by atoms with Gasteiger partial charge in [-0.05, 0) is 32.1 Å². The lowest BCUT2D eigenvalue weighted by Crippen LogP contribution is -2.57. The summed E-state index contributed by atoms with van der Waals surface area (Å²) in [7, 11) is 0. The van der Waals surface area contributed by atoms with E-state index in [4.69, 9.17) is 23.7 Å². The summed E-state index contributed by atoms with van der Waals surface area (Å²) in [5.41, 5.74) is 10.3. The summed E-state index contributed by atoms with van der Waals surface area (Å²) >= 11 is 5.09. The molecule has 0 aromatic carbocycles. The van der Waals surface area contributed by atoms with E-state index in [1.807, 2.05) is 13.8 Å². The Morgan fingerprint density at radius 1 is 1.26 bits per heavy atom. The zero-order valence-corrected chi connectivity index (χ0v) is 12.5. The highest BCUT2D eigenvalue weighted by Gasteiger charge is 2.44. The predicted octanol–water partition coefficient (Wildman–Crippen LogP) is 0.945. The van der Waals surface area contributed by atoms with Gasteiger partial charge in [-0.1, -0.05) is 26.1 Å². The zero-order chi connectivity index (χ0) is 14.6. The SMILES string of the molecule is CCC(CC)(C(=O)N1CCCCC1C(N)=O)C(N)=S. The van der Waals surface area contributed by atoms with Gasteiger partial charge in [-0.2, -0.15) is 0 Å². The molecule has 0 saturated carbocycles. The molecule has 108 valence electrons. The third kappa shape index (κ3) is 2.88. The lowest BCUT2D eigenvalue weighted by Gasteiger charge is -2.40. The monoisotopic (exact) mass is 285 g/mol. The number of carbonyl (C=O) groups is 2. The number of likely N-dealkylation sites (tertiary alicyclic amines) is 1. The Morgan fingerprint density at radius 2 is 1.84 bits per heavy atom. The van der Waals surface area contributed by atoms with Gasteiger partial charge in [0.15, 0.2) is 0 Å². The van der Waals surface area contributed by atoms with Gasteiger partial charge in [0.1, 0.15) is 6.04 Å². The normalized spacial score (nSPS) is 20.1. The molecule has 1 aliphatic rings. The number of primary amides is 1. The summed E-state index contributed by atoms with van der Waals surface area (Å²) in [5.74, 6) is -0.592. The first-order valence-corrected chi connectivity index (χ1v) is 7.21. The second kappa shape index (κ2) is 6.32. The summed E-state index contributed by atoms with van der Waals surface area (Å²) in [6.07, 6.45) is 3.51. The molecule has 1 atom stereocenters. The molecule has 19 heavy (non-hydrogen) atoms. The summed E-state index contributed by atoms with van der Waals surface area (Å²) in [6.45, 7) is 4.34. The minimum absolute atomic E-state index is 0.145. The Labute approximate surface area is 119 Å². The molecule has 1 heterocycles. The van der Waals surface area contributed by atoms with Crippen molar-refractivity contribution in [2.75, 3.05) is 6.54 Å². The number of carbonyl (C=O) groups excluding carboxylic acids is 2. The van der Waals surface area contributed by atoms with Crippen LogP contribution >= 0.6 is 12.2 Å². The molecular weight excluding hydrogens is 262 g/mol. The average Bonchev–Trinajstić information content (AvgIpc) is 2.40. The minimum Gasteiger partial charge on any atom is -0.392 e. The van der Waals surface area contributed by atoms with Crippen molar-refractivity contribution >= 4 is 29.0 Å². The number of nitrogens with zero attached hydrogens (tertiary/aromatic N) is 1. The number of piperidine rings is 1. The summed E-state index contributed by atoms with van der Waals surface area (Å²) in [5, 5.41) is 0. The maximum absolute atomic E-state index is 12.8. The van der Waals surface area contributed by atoms with Crippen LogP contribution in [0.3, 0.4) is 0 Å². The van der Waals surface area contributed by atoms with E-state index < -0.39 is 17.4 Å². The molecule has 6 heteroatoms. The highest BCUT2D eigenvalue weighted by atomic mass is 32.1. The van der Waals surface area contributed by atoms with Crippen molar-refractivity contribution in [1.82, 2.24) is 4.90 Å². The van der Waals surface area contributed by atoms with Crippen molar-refractivity contribution in [2.45, 2.75) is 52.0 Å². The Balaban J connectivity index is 3.07. The van der Waals surface area contributed by atoms with E-state index in [9.17, 15) is 9.59 Å². The highest BCUT2D eigenvalue weighted by molar-refractivity contribution is 7.80. The fraction of sp³-hybridized carbons (Fsp3) is 0.769. The van der Waals surface area contributed by atoms with Crippen molar-refractivity contribution in [1.29, 1.82) is 0 Å². The first-order chi connectivity index (χ1) is 8.90. The van der Waals surface area contributed by atoms with Crippen molar-refractivity contribution in [3.63, 3.8) is 0 Å². The number of nitrogens with two attached hydrogens (primary N) is 2. The van der Waals surface area contributed by atoms with E-state index in [0.717, 1.165) is 12.8 Å². The van der Waals surface area contributed by atoms with E-state index in [1.54, 1.807) is 4.90 Å². The topological polar surface area (TPSA) is 89.4 Å². The molecule has 5 nitrogen and oxygen atoms in total. The van der Waals surface area contributed by atoms with Crippen molar-refractivity contribution in [3.8, 4) is 0 Å². The standard InChI is InChI=1S/C13H23N3O2S/c1-3-13(4-2,11(15)19)12(18)16-8-6-5-7-9(16)10(14)17/h9H,3-8H2,1-2H3,(H2,14,17)(H2,15,19). The molecule has 4 N–H and O–H groups in total. The van der Waals surface area contributed by atoms with Crippen molar-refractivity contribution in [2.24, 2.45) is 16.9 Å². The van der Waals surface area contributed by atoms with Gasteiger partial charge in [0.05, 0.1) is 10.4 Å². The largest absolute Gasteiger partial charge is 0.392 e. The number of rotatable bonds is 5. The summed E-state index contributed by atoms with van der Waals surface area (Å²) < 4.78 is 0. The van der Waals surface area contributed by atoms with Crippen LogP contribution in [0.25, 0.3) is 0 Å². The number of amides is 2. The van der Waals surface area contributed by atoms with Crippen LogP contribution in [-0.4, -0.2) is 34.3 Å². The van der Waals surface area contributed by atoms with Gasteiger partial charge in [-0.3, -0.25) is 9.59 Å². The molecule has 0 aliphatic carbocycles. The van der Waals surface area contributed by atoms with Crippen LogP contribution in [-0.2, 0) is 9.59 Å². The molecule has 1 rings (SSSR count). The number of hydrogen-bond donors (Lipinski definition) is 2. The first kappa shape index (κ1) is 15.9. The maximum Gasteiger partial charge on any atom is 0.240 e. The molecule has 2 amide bonds. The molecule has 0 bridgehead atoms. The van der Waals surface area contributed by atoms with E-state index in [-0.39, 0.29) is 10.9 Å². The fourth-order valence-electron chi connectivity index (χ4n) is 2.75. The van der Waals surface area contributed by atoms with Gasteiger partial charge in [-0.25, -0.2) is 0 Å². The van der Waals surface area contributed by atoms with Crippen LogP contribution in [0.2, 0.25) is 0 Å². The molecule has 1 unspecified atom stereocenters. The second-order valence-corrected chi connectivity index (χ2v) is 5.51. The Bertz CT molecular complexity index is 380. The predicted molar refractivity (Wildman–Crippen MR) is 78.3 cm³/mol. The van der Waals surface area contributed by atoms with Crippen LogP contribution in [0.5, 0.6) is 0 Å². The van der Waals surface area contributed by atoms with E-state index in [2.05, 4.69) is 0 Å². The molecule has 0 radical (unpaired) electrons. The van der Waals surface area contributed by atoms with Gasteiger partial charge in [0.25, 0.3) is 0 Å². The zero-order valence-electron chi connectivity index (χ0n) is 11.6. The van der Waals surface area contributed by atoms with Gasteiger partial charge in [0, 0.05) is 6.54 Å². The van der Waals surface area contributed by atoms with Gasteiger partial charge in [-0.15, -0.1) is 0 Å². The minimum atomic E-state index is -0.847. The lowest BCUT2D eigenvalue weighted by molar-refractivity contribution is -0.147. The second-order valence-electron chi connectivity index (χ2n) is 5.07. The Hall–Kier alpha value is -1.17. The van der Waals surface area contributed by atoms with Crippen LogP contribution in [0.4, 0.5) is 0 Å². The van der Waals surface area contributed by atoms with E-state index in [0.29, 0.717) is 25.8 Å². The van der Waals surface area contributed by atoms with Gasteiger partial charge < -0.3 is 16.4 Å². The lowest BCUT2D eigenvalue weighted by atomic mass is 9.79. The molecule has 1 aliphatic heterocycles. The molecule has 1 fully saturated rings. The van der Waals surface area contributed by atoms with Gasteiger partial charge in [0.2, 0.25) is 11.8 Å². The molecule has 0 aromatic rings. The Morgan fingerprint density at radius 3 is 2.26 bits per heavy atom. The summed E-state index contributed by atoms with van der Waals surface area (Å²) in [4.78, 5) is 26.1. The van der Waals surface area contributed by atoms with Crippen LogP contribution in [0.15, 0.2) is 0 Å². The van der Waals surface area contributed by atoms with Crippen LogP contribution < -0.4 is 11.5 Å². The third-order valence-electron chi connectivity index (χ3n) is 4.18. The molecule has 0 spiro atoms. The smallest absolute Gasteiger partial charge is 0.240 e. The number of thiocarbonyl (C=S) groups is 1. The molecule has 0 aromatic heterocycles. The van der Waals surface area contributed by atoms with E-state index >= 15 is 0 Å². The molecule has 1 saturated heterocycles. The van der Waals surface area contributed by atoms with Crippen molar-refractivity contribution in [3.05, 3.63) is 0 Å². The number of hydrogen-bond acceptors (Lipinski definition) is 3. The van der Waals surface area contributed by atoms with E-state index in [1.165, 1.54) is 0 Å². The summed E-state index contributed by atoms with van der Waals surface area (Å²) in [6, 6.07) is -0.520. The fourth-order valence-corrected chi connectivity index (χ4v) is 3.13. The molecular formula is C13H23N3O2S. The maximum atomic E-state index is 12.8. The van der Waals surface area contributed by atoms with Crippen LogP contribution in [0, 0.1) is 5.41 Å². The van der Waals surface area contributed by atoms with Gasteiger partial charge >= 0.3 is 0 Å². The average molecular weight is 285 g/mol. The highest BCUT2D eigenvalue weighted by Crippen LogP contribution is 2.32. The third-order valence-corrected chi connectivity index (χ3v) is 4.57. The first-order valence-electron chi connectivity index (χ1n) is 6.81. The van der Waals surface area contributed by atoms with Crippen LogP contribution in [0.1, 0.15) is 46.0 Å². The quantitative estimate of drug-likeness (QED) is 0.736. The van der Waals surface area contributed by atoms with Crippen molar-refractivity contribution < 1.29 is 9.59 Å². The Kier molecular flexibility index (Phi) is 5.29.